The van der Waals surface area contributed by atoms with Crippen LogP contribution in [-0.4, -0.2) is 5.33 Å². The van der Waals surface area contributed by atoms with Crippen LogP contribution in [0.25, 0.3) is 0 Å². The average Bonchev–Trinajstić information content (AvgIpc) is 2.58. The van der Waals surface area contributed by atoms with Crippen LogP contribution in [0, 0.1) is 0 Å². The van der Waals surface area contributed by atoms with Gasteiger partial charge in [0, 0.05) is 5.33 Å². The van der Waals surface area contributed by atoms with Gasteiger partial charge in [0.1, 0.15) is 0 Å². The molecule has 0 saturated carbocycles. The number of hydrogen-bond donors (Lipinski definition) is 0. The van der Waals surface area contributed by atoms with Gasteiger partial charge in [-0.05, 0) is 0 Å². The Hall–Kier alpha value is 0.414. The first-order chi connectivity index (χ1) is 5.85. The van der Waals surface area contributed by atoms with E-state index in [1.807, 2.05) is 0 Å². The van der Waals surface area contributed by atoms with Gasteiger partial charge in [0.05, 0.1) is 0 Å². The Morgan fingerprint density at radius 1 is 1.75 bits per heavy atom. The molecule has 0 nitrogen and oxygen atoms in total. The second-order valence-electron chi connectivity index (χ2n) is 2.30. The summed E-state index contributed by atoms with van der Waals surface area (Å²) in [6.45, 7) is 5.71. The van der Waals surface area contributed by atoms with Gasteiger partial charge in [0.25, 0.3) is 0 Å². The van der Waals surface area contributed by atoms with E-state index in [1.54, 1.807) is 9.95 Å². The number of hydrogen-bond acceptors (Lipinski definition) is 0. The molecular formula is C10H15BrTi. The van der Waals surface area contributed by atoms with Crippen LogP contribution in [0.15, 0.2) is 34.8 Å². The van der Waals surface area contributed by atoms with E-state index in [9.17, 15) is 0 Å². The molecule has 2 heteroatoms. The van der Waals surface area contributed by atoms with Crippen LogP contribution in [0.2, 0.25) is 4.73 Å². The number of alkyl halides is 1. The summed E-state index contributed by atoms with van der Waals surface area (Å²) in [7, 11) is 0. The molecule has 1 aliphatic carbocycles. The molecule has 0 radical (unpaired) electrons. The Morgan fingerprint density at radius 3 is 2.75 bits per heavy atom. The van der Waals surface area contributed by atoms with Crippen LogP contribution in [0.3, 0.4) is 0 Å². The van der Waals surface area contributed by atoms with E-state index in [0.29, 0.717) is 19.2 Å². The van der Waals surface area contributed by atoms with Gasteiger partial charge >= 0.3 is 59.3 Å². The molecule has 0 atom stereocenters. The molecule has 0 aromatic heterocycles. The van der Waals surface area contributed by atoms with Crippen LogP contribution in [0.5, 0.6) is 0 Å². The molecule has 1 aliphatic rings. The fourth-order valence-electron chi connectivity index (χ4n) is 0.805. The third-order valence-electron chi connectivity index (χ3n) is 1.28. The Bertz CT molecular complexity index is 171. The molecule has 1 rings (SSSR count). The van der Waals surface area contributed by atoms with E-state index in [4.69, 9.17) is 0 Å². The van der Waals surface area contributed by atoms with Gasteiger partial charge in [-0.2, -0.15) is 0 Å². The summed E-state index contributed by atoms with van der Waals surface area (Å²) >= 11 is 3.44. The summed E-state index contributed by atoms with van der Waals surface area (Å²) in [5.74, 6) is 0. The molecule has 0 amide bonds. The quantitative estimate of drug-likeness (QED) is 0.411. The van der Waals surface area contributed by atoms with Crippen molar-refractivity contribution in [1.82, 2.24) is 0 Å². The van der Waals surface area contributed by atoms with Crippen LogP contribution < -0.4 is 0 Å². The maximum absolute atomic E-state index is 3.43. The fraction of sp³-hybridized carbons (Fsp3) is 0.400. The summed E-state index contributed by atoms with van der Waals surface area (Å²) in [5, 5.41) is 0.896. The normalized spacial score (nSPS) is 13.0. The predicted octanol–water partition coefficient (Wildman–Crippen LogP) is 3.92. The molecule has 0 unspecified atom stereocenters. The van der Waals surface area contributed by atoms with Crippen molar-refractivity contribution < 1.29 is 19.2 Å². The molecule has 0 aromatic carbocycles. The summed E-state index contributed by atoms with van der Waals surface area (Å²) in [6.07, 6.45) is 9.75. The van der Waals surface area contributed by atoms with Crippen molar-refractivity contribution in [2.75, 3.05) is 5.33 Å². The van der Waals surface area contributed by atoms with Crippen LogP contribution in [0.4, 0.5) is 0 Å². The van der Waals surface area contributed by atoms with E-state index in [1.165, 1.54) is 11.1 Å². The molecule has 0 spiro atoms. The van der Waals surface area contributed by atoms with Crippen molar-refractivity contribution >= 4 is 15.9 Å². The molecule has 0 N–H and O–H groups in total. The van der Waals surface area contributed by atoms with Crippen molar-refractivity contribution in [1.29, 1.82) is 0 Å². The van der Waals surface area contributed by atoms with Gasteiger partial charge in [-0.25, -0.2) is 0 Å². The Morgan fingerprint density at radius 2 is 2.42 bits per heavy atom. The SMILES string of the molecule is C=CCBr.C[CH2][Ti][C]1=CC=CC1. The van der Waals surface area contributed by atoms with Crippen molar-refractivity contribution in [2.45, 2.75) is 18.1 Å². The minimum absolute atomic E-state index is 0.306. The first-order valence-corrected chi connectivity index (χ1v) is 7.12. The molecule has 12 heavy (non-hydrogen) atoms. The molecule has 0 heterocycles. The second-order valence-corrected chi connectivity index (χ2v) is 5.60. The van der Waals surface area contributed by atoms with Gasteiger partial charge in [-0.1, -0.05) is 22.0 Å². The molecule has 0 aromatic rings. The molecule has 66 valence electrons. The predicted molar refractivity (Wildman–Crippen MR) is 56.3 cm³/mol. The van der Waals surface area contributed by atoms with Crippen LogP contribution >= 0.6 is 15.9 Å². The number of halogens is 1. The van der Waals surface area contributed by atoms with Gasteiger partial charge in [-0.3, -0.25) is 0 Å². The maximum atomic E-state index is 3.43. The zero-order valence-corrected chi connectivity index (χ0v) is 10.7. The molecule has 0 fully saturated rings. The van der Waals surface area contributed by atoms with E-state index in [2.05, 4.69) is 47.7 Å². The van der Waals surface area contributed by atoms with E-state index < -0.39 is 0 Å². The van der Waals surface area contributed by atoms with Gasteiger partial charge < -0.3 is 0 Å². The summed E-state index contributed by atoms with van der Waals surface area (Å²) in [6, 6.07) is 0. The van der Waals surface area contributed by atoms with Crippen molar-refractivity contribution in [3.05, 3.63) is 34.8 Å². The third kappa shape index (κ3) is 7.08. The zero-order valence-electron chi connectivity index (χ0n) is 7.52. The van der Waals surface area contributed by atoms with Crippen molar-refractivity contribution in [3.8, 4) is 0 Å². The van der Waals surface area contributed by atoms with E-state index in [-0.39, 0.29) is 0 Å². The Labute approximate surface area is 92.9 Å². The monoisotopic (exact) mass is 262 g/mol. The standard InChI is InChI=1S/C5H5.C3H5Br.C2H5.Ti/c1-2-4-5-3-1;1-2-3-4;1-2;/h1-3H,4H2;2H,1,3H2;1H2,2H3;. The minimum atomic E-state index is 0.306. The number of allylic oxidation sites excluding steroid dienone is 5. The average molecular weight is 263 g/mol. The van der Waals surface area contributed by atoms with Gasteiger partial charge in [0.15, 0.2) is 0 Å². The molecule has 0 aliphatic heterocycles. The summed E-state index contributed by atoms with van der Waals surface area (Å²) in [4.78, 5) is 0. The first kappa shape index (κ1) is 12.4. The summed E-state index contributed by atoms with van der Waals surface area (Å²) < 4.78 is 3.13. The number of rotatable bonds is 3. The van der Waals surface area contributed by atoms with E-state index in [0.717, 1.165) is 5.33 Å². The molecule has 0 bridgehead atoms. The summed E-state index contributed by atoms with van der Waals surface area (Å²) in [5.41, 5.74) is 0. The van der Waals surface area contributed by atoms with Crippen LogP contribution in [-0.2, 0) is 19.2 Å². The molecular weight excluding hydrogens is 248 g/mol. The second kappa shape index (κ2) is 9.50. The zero-order chi connectivity index (χ0) is 9.23. The van der Waals surface area contributed by atoms with Crippen molar-refractivity contribution in [3.63, 3.8) is 0 Å². The molecule has 0 saturated heterocycles. The van der Waals surface area contributed by atoms with Crippen molar-refractivity contribution in [2.24, 2.45) is 0 Å². The topological polar surface area (TPSA) is 0 Å². The first-order valence-electron chi connectivity index (χ1n) is 4.11. The Balaban J connectivity index is 0.000000261. The van der Waals surface area contributed by atoms with E-state index >= 15 is 0 Å². The third-order valence-corrected chi connectivity index (χ3v) is 3.58. The van der Waals surface area contributed by atoms with Gasteiger partial charge in [0.2, 0.25) is 0 Å². The Kier molecular flexibility index (Phi) is 9.83. The van der Waals surface area contributed by atoms with Gasteiger partial charge in [-0.15, -0.1) is 6.58 Å². The van der Waals surface area contributed by atoms with Crippen LogP contribution in [0.1, 0.15) is 13.3 Å². The fourth-order valence-corrected chi connectivity index (χ4v) is 2.26.